The highest BCUT2D eigenvalue weighted by Gasteiger charge is 2.16. The highest BCUT2D eigenvalue weighted by Crippen LogP contribution is 2.21. The number of hydrogen-bond donors (Lipinski definition) is 1. The van der Waals surface area contributed by atoms with Crippen LogP contribution in [0.15, 0.2) is 84.9 Å². The molecule has 0 fully saturated rings. The summed E-state index contributed by atoms with van der Waals surface area (Å²) < 4.78 is 24.4. The summed E-state index contributed by atoms with van der Waals surface area (Å²) in [6.07, 6.45) is 1.19. The Hall–Kier alpha value is -2.92. The number of anilines is 1. The number of hydrogen-bond acceptors (Lipinski definition) is 3. The summed E-state index contributed by atoms with van der Waals surface area (Å²) in [5, 5.41) is 2.67. The molecule has 0 unspecified atom stereocenters. The van der Waals surface area contributed by atoms with Crippen LogP contribution in [0.4, 0.5) is 5.69 Å². The van der Waals surface area contributed by atoms with Crippen molar-refractivity contribution in [2.45, 2.75) is 12.8 Å². The van der Waals surface area contributed by atoms with E-state index in [-0.39, 0.29) is 5.75 Å². The fraction of sp³-hybridized carbons (Fsp3) is 0.174. The molecule has 0 aliphatic rings. The van der Waals surface area contributed by atoms with E-state index in [1.54, 1.807) is 12.1 Å². The van der Waals surface area contributed by atoms with Crippen molar-refractivity contribution in [2.24, 2.45) is 0 Å². The molecule has 0 saturated heterocycles. The summed E-state index contributed by atoms with van der Waals surface area (Å²) in [4.78, 5) is 12.1. The number of nitrogens with one attached hydrogen (secondary N) is 1. The lowest BCUT2D eigenvalue weighted by atomic mass is 10.1. The van der Waals surface area contributed by atoms with E-state index in [1.807, 2.05) is 72.8 Å². The average Bonchev–Trinajstić information content (AvgIpc) is 2.69. The van der Waals surface area contributed by atoms with Gasteiger partial charge in [-0.2, -0.15) is 0 Å². The van der Waals surface area contributed by atoms with Gasteiger partial charge >= 0.3 is 0 Å². The first-order valence-electron chi connectivity index (χ1n) is 9.21. The van der Waals surface area contributed by atoms with Crippen molar-refractivity contribution in [3.63, 3.8) is 0 Å². The van der Waals surface area contributed by atoms with Crippen LogP contribution in [0.2, 0.25) is 0 Å². The Morgan fingerprint density at radius 1 is 0.750 bits per heavy atom. The maximum Gasteiger partial charge on any atom is 0.239 e. The molecule has 0 radical (unpaired) electrons. The molecule has 0 saturated carbocycles. The van der Waals surface area contributed by atoms with Crippen LogP contribution in [0, 0.1) is 0 Å². The minimum absolute atomic E-state index is 0.00224. The maximum absolute atomic E-state index is 12.2. The van der Waals surface area contributed by atoms with Gasteiger partial charge in [-0.25, -0.2) is 8.42 Å². The first-order chi connectivity index (χ1) is 13.5. The summed E-state index contributed by atoms with van der Waals surface area (Å²) in [5.74, 6) is -1.00. The molecule has 0 spiro atoms. The normalized spacial score (nSPS) is 11.1. The highest BCUT2D eigenvalue weighted by atomic mass is 32.2. The van der Waals surface area contributed by atoms with Gasteiger partial charge in [0, 0.05) is 5.69 Å². The summed E-state index contributed by atoms with van der Waals surface area (Å²) in [6.45, 7) is 0. The molecule has 0 atom stereocenters. The average molecular weight is 394 g/mol. The second-order valence-corrected chi connectivity index (χ2v) is 8.86. The summed E-state index contributed by atoms with van der Waals surface area (Å²) in [6, 6.07) is 27.0. The van der Waals surface area contributed by atoms with Gasteiger partial charge < -0.3 is 5.32 Å². The van der Waals surface area contributed by atoms with Crippen LogP contribution < -0.4 is 5.32 Å². The van der Waals surface area contributed by atoms with E-state index in [0.29, 0.717) is 18.5 Å². The molecule has 28 heavy (non-hydrogen) atoms. The van der Waals surface area contributed by atoms with E-state index >= 15 is 0 Å². The quantitative estimate of drug-likeness (QED) is 0.619. The summed E-state index contributed by atoms with van der Waals surface area (Å²) >= 11 is 0. The summed E-state index contributed by atoms with van der Waals surface area (Å²) in [5.41, 5.74) is 3.80. The van der Waals surface area contributed by atoms with Gasteiger partial charge in [-0.05, 0) is 41.7 Å². The van der Waals surface area contributed by atoms with Crippen LogP contribution >= 0.6 is 0 Å². The van der Waals surface area contributed by atoms with Crippen molar-refractivity contribution in [3.8, 4) is 11.1 Å². The molecule has 1 amide bonds. The van der Waals surface area contributed by atoms with Crippen molar-refractivity contribution in [1.82, 2.24) is 0 Å². The zero-order chi connectivity index (χ0) is 19.8. The highest BCUT2D eigenvalue weighted by molar-refractivity contribution is 7.92. The van der Waals surface area contributed by atoms with Gasteiger partial charge in [-0.1, -0.05) is 72.8 Å². The largest absolute Gasteiger partial charge is 0.325 e. The molecule has 0 bridgehead atoms. The Kier molecular flexibility index (Phi) is 6.61. The van der Waals surface area contributed by atoms with Gasteiger partial charge in [0.2, 0.25) is 5.91 Å². The zero-order valence-corrected chi connectivity index (χ0v) is 16.4. The molecule has 0 heterocycles. The Morgan fingerprint density at radius 3 is 1.96 bits per heavy atom. The first kappa shape index (κ1) is 19.8. The van der Waals surface area contributed by atoms with E-state index < -0.39 is 21.5 Å². The molecule has 0 aliphatic carbocycles. The lowest BCUT2D eigenvalue weighted by Gasteiger charge is -2.08. The number of benzene rings is 3. The second-order valence-electron chi connectivity index (χ2n) is 6.67. The van der Waals surface area contributed by atoms with Crippen LogP contribution in [-0.2, 0) is 21.1 Å². The second kappa shape index (κ2) is 9.33. The molecular formula is C23H23NO3S. The van der Waals surface area contributed by atoms with E-state index in [4.69, 9.17) is 0 Å². The summed E-state index contributed by atoms with van der Waals surface area (Å²) in [7, 11) is -3.43. The molecule has 1 N–H and O–H groups in total. The van der Waals surface area contributed by atoms with Crippen molar-refractivity contribution in [3.05, 3.63) is 90.5 Å². The van der Waals surface area contributed by atoms with E-state index in [1.165, 1.54) is 0 Å². The Balaban J connectivity index is 1.50. The fourth-order valence-corrected chi connectivity index (χ4v) is 4.19. The number of sulfone groups is 1. The minimum Gasteiger partial charge on any atom is -0.325 e. The molecule has 4 nitrogen and oxygen atoms in total. The third-order valence-corrected chi connectivity index (χ3v) is 6.00. The van der Waals surface area contributed by atoms with Gasteiger partial charge in [-0.15, -0.1) is 0 Å². The number of rotatable bonds is 8. The number of amides is 1. The smallest absolute Gasteiger partial charge is 0.239 e. The van der Waals surface area contributed by atoms with Crippen LogP contribution in [0.25, 0.3) is 11.1 Å². The van der Waals surface area contributed by atoms with Gasteiger partial charge in [0.05, 0.1) is 5.75 Å². The maximum atomic E-state index is 12.2. The standard InChI is InChI=1S/C23H23NO3S/c25-23(18-28(26,27)17-7-10-19-8-3-1-4-9-19)24-22-15-13-21(14-16-22)20-11-5-2-6-12-20/h1-6,8-9,11-16H,7,10,17-18H2,(H,24,25). The Bertz CT molecular complexity index is 999. The van der Waals surface area contributed by atoms with Gasteiger partial charge in [0.1, 0.15) is 5.75 Å². The van der Waals surface area contributed by atoms with E-state index in [9.17, 15) is 13.2 Å². The third kappa shape index (κ3) is 6.06. The fourth-order valence-electron chi connectivity index (χ4n) is 2.99. The Morgan fingerprint density at radius 2 is 1.32 bits per heavy atom. The first-order valence-corrected chi connectivity index (χ1v) is 11.0. The van der Waals surface area contributed by atoms with Crippen molar-refractivity contribution < 1.29 is 13.2 Å². The van der Waals surface area contributed by atoms with E-state index in [2.05, 4.69) is 5.32 Å². The molecule has 3 rings (SSSR count). The number of aryl methyl sites for hydroxylation is 1. The van der Waals surface area contributed by atoms with Crippen LogP contribution in [0.5, 0.6) is 0 Å². The molecule has 3 aromatic rings. The molecule has 144 valence electrons. The van der Waals surface area contributed by atoms with Gasteiger partial charge in [-0.3, -0.25) is 4.79 Å². The van der Waals surface area contributed by atoms with E-state index in [0.717, 1.165) is 16.7 Å². The van der Waals surface area contributed by atoms with Crippen molar-refractivity contribution in [2.75, 3.05) is 16.8 Å². The molecule has 0 aromatic heterocycles. The molecule has 0 aliphatic heterocycles. The van der Waals surface area contributed by atoms with Crippen LogP contribution in [0.1, 0.15) is 12.0 Å². The van der Waals surface area contributed by atoms with Gasteiger partial charge in [0.15, 0.2) is 9.84 Å². The zero-order valence-electron chi connectivity index (χ0n) is 15.5. The topological polar surface area (TPSA) is 63.2 Å². The Labute approximate surface area is 166 Å². The third-order valence-electron chi connectivity index (χ3n) is 4.39. The SMILES string of the molecule is O=C(CS(=O)(=O)CCCc1ccccc1)Nc1ccc(-c2ccccc2)cc1. The minimum atomic E-state index is -3.43. The monoisotopic (exact) mass is 393 g/mol. The van der Waals surface area contributed by atoms with Gasteiger partial charge in [0.25, 0.3) is 0 Å². The van der Waals surface area contributed by atoms with Crippen molar-refractivity contribution >= 4 is 21.4 Å². The number of carbonyl (C=O) groups excluding carboxylic acids is 1. The lowest BCUT2D eigenvalue weighted by Crippen LogP contribution is -2.24. The van der Waals surface area contributed by atoms with Crippen molar-refractivity contribution in [1.29, 1.82) is 0 Å². The number of carbonyl (C=O) groups is 1. The molecule has 5 heteroatoms. The molecule has 3 aromatic carbocycles. The van der Waals surface area contributed by atoms with Crippen LogP contribution in [-0.4, -0.2) is 25.8 Å². The lowest BCUT2D eigenvalue weighted by molar-refractivity contribution is -0.113. The molecular weight excluding hydrogens is 370 g/mol. The predicted molar refractivity (Wildman–Crippen MR) is 114 cm³/mol. The van der Waals surface area contributed by atoms with Crippen LogP contribution in [0.3, 0.4) is 0 Å². The predicted octanol–water partition coefficient (Wildman–Crippen LogP) is 4.34.